The molecule has 0 radical (unpaired) electrons. The molecule has 4 rings (SSSR count). The molecule has 0 unspecified atom stereocenters. The van der Waals surface area contributed by atoms with E-state index in [0.29, 0.717) is 24.1 Å². The molecule has 0 spiro atoms. The van der Waals surface area contributed by atoms with Crippen LogP contribution < -0.4 is 10.6 Å². The highest BCUT2D eigenvalue weighted by Gasteiger charge is 2.47. The van der Waals surface area contributed by atoms with Gasteiger partial charge in [0.15, 0.2) is 9.84 Å². The zero-order valence-electron chi connectivity index (χ0n) is 28.3. The largest absolute Gasteiger partial charge is 0.464 e. The number of anilines is 1. The van der Waals surface area contributed by atoms with Crippen molar-refractivity contribution in [3.63, 3.8) is 0 Å². The van der Waals surface area contributed by atoms with Gasteiger partial charge in [0.2, 0.25) is 15.9 Å². The Morgan fingerprint density at radius 3 is 2.20 bits per heavy atom. The molecule has 1 saturated heterocycles. The van der Waals surface area contributed by atoms with Crippen molar-refractivity contribution in [2.75, 3.05) is 24.7 Å². The third-order valence-electron chi connectivity index (χ3n) is 8.08. The quantitative estimate of drug-likeness (QED) is 0.237. The topological polar surface area (TPSA) is 169 Å². The number of benzene rings is 2. The number of carbonyl (C=O) groups is 3. The van der Waals surface area contributed by atoms with Crippen LogP contribution in [0.4, 0.5) is 5.69 Å². The van der Waals surface area contributed by atoms with Crippen molar-refractivity contribution in [2.24, 2.45) is 11.3 Å². The van der Waals surface area contributed by atoms with Crippen LogP contribution in [0.2, 0.25) is 10.0 Å². The van der Waals surface area contributed by atoms with E-state index in [1.54, 1.807) is 31.2 Å². The number of nitrogens with one attached hydrogen (secondary N) is 2. The maximum Gasteiger partial charge on any atom is 0.328 e. The van der Waals surface area contributed by atoms with Crippen LogP contribution in [0.1, 0.15) is 56.5 Å². The Morgan fingerprint density at radius 1 is 1.00 bits per heavy atom. The number of rotatable bonds is 12. The predicted octanol–water partition coefficient (Wildman–Crippen LogP) is 5.15. The second-order valence-corrected chi connectivity index (χ2v) is 18.0. The molecule has 270 valence electrons. The van der Waals surface area contributed by atoms with Crippen molar-refractivity contribution in [1.29, 1.82) is 0 Å². The summed E-state index contributed by atoms with van der Waals surface area (Å²) in [5, 5.41) is 5.63. The van der Waals surface area contributed by atoms with Crippen LogP contribution in [0.15, 0.2) is 70.7 Å². The number of amides is 2. The molecule has 2 N–H and O–H groups in total. The minimum atomic E-state index is -4.33. The van der Waals surface area contributed by atoms with Gasteiger partial charge in [-0.15, -0.1) is 0 Å². The van der Waals surface area contributed by atoms with Crippen LogP contribution in [0.5, 0.6) is 0 Å². The van der Waals surface area contributed by atoms with E-state index in [1.165, 1.54) is 30.6 Å². The molecule has 1 aromatic heterocycles. The van der Waals surface area contributed by atoms with E-state index < -0.39 is 55.6 Å². The van der Waals surface area contributed by atoms with Gasteiger partial charge < -0.3 is 15.4 Å². The molecule has 3 aromatic rings. The normalized spacial score (nSPS) is 17.6. The van der Waals surface area contributed by atoms with E-state index in [0.717, 1.165) is 16.6 Å². The van der Waals surface area contributed by atoms with Crippen molar-refractivity contribution < 1.29 is 36.0 Å². The van der Waals surface area contributed by atoms with Crippen molar-refractivity contribution in [3.8, 4) is 0 Å². The highest BCUT2D eigenvalue weighted by atomic mass is 35.5. The van der Waals surface area contributed by atoms with Gasteiger partial charge in [-0.1, -0.05) is 62.2 Å². The maximum atomic E-state index is 14.1. The number of ether oxygens (including phenoxy) is 1. The van der Waals surface area contributed by atoms with E-state index in [2.05, 4.69) is 15.6 Å². The van der Waals surface area contributed by atoms with E-state index in [9.17, 15) is 31.2 Å². The van der Waals surface area contributed by atoms with Gasteiger partial charge >= 0.3 is 5.97 Å². The number of sulfone groups is 1. The minimum absolute atomic E-state index is 0.000618. The first-order valence-electron chi connectivity index (χ1n) is 15.8. The second kappa shape index (κ2) is 15.8. The van der Waals surface area contributed by atoms with Gasteiger partial charge in [0, 0.05) is 37.3 Å². The molecule has 2 aromatic carbocycles. The highest BCUT2D eigenvalue weighted by Crippen LogP contribution is 2.38. The molecular weight excluding hydrogens is 727 g/mol. The van der Waals surface area contributed by atoms with E-state index >= 15 is 0 Å². The van der Waals surface area contributed by atoms with Crippen LogP contribution in [-0.2, 0) is 40.6 Å². The first-order valence-corrected chi connectivity index (χ1v) is 19.9. The van der Waals surface area contributed by atoms with Crippen molar-refractivity contribution >= 4 is 66.5 Å². The zero-order chi connectivity index (χ0) is 37.0. The van der Waals surface area contributed by atoms with Crippen molar-refractivity contribution in [3.05, 3.63) is 82.1 Å². The van der Waals surface area contributed by atoms with Gasteiger partial charge in [-0.2, -0.15) is 4.31 Å². The Morgan fingerprint density at radius 2 is 1.62 bits per heavy atom. The molecule has 1 aliphatic heterocycles. The Hall–Kier alpha value is -3.56. The fourth-order valence-electron chi connectivity index (χ4n) is 5.92. The third-order valence-corrected chi connectivity index (χ3v) is 11.6. The lowest BCUT2D eigenvalue weighted by Crippen LogP contribution is -2.53. The summed E-state index contributed by atoms with van der Waals surface area (Å²) in [6, 6.07) is 9.22. The van der Waals surface area contributed by atoms with E-state index in [4.69, 9.17) is 27.9 Å². The SMILES string of the molecule is CCOC(=O)[C@H](Cc1ccc(NC(=O)c2c(Cl)cncc2Cl)cc1)NC(=O)[C@@H]1[C@@H](CC(C)(C)C)CCN1S(=O)(=O)c1cccc(S(C)(=O)=O)c1. The van der Waals surface area contributed by atoms with Crippen molar-refractivity contribution in [2.45, 2.75) is 68.8 Å². The number of nitrogens with zero attached hydrogens (tertiary/aromatic N) is 2. The molecule has 0 saturated carbocycles. The molecule has 3 atom stereocenters. The summed E-state index contributed by atoms with van der Waals surface area (Å²) in [7, 11) is -8.04. The van der Waals surface area contributed by atoms with Gasteiger partial charge in [0.05, 0.1) is 32.0 Å². The first kappa shape index (κ1) is 39.2. The lowest BCUT2D eigenvalue weighted by molar-refractivity contribution is -0.147. The third kappa shape index (κ3) is 9.60. The Kier molecular flexibility index (Phi) is 12.4. The first-order chi connectivity index (χ1) is 23.3. The van der Waals surface area contributed by atoms with Gasteiger partial charge in [0.1, 0.15) is 12.1 Å². The molecule has 1 fully saturated rings. The Balaban J connectivity index is 1.60. The van der Waals surface area contributed by atoms with Gasteiger partial charge in [-0.25, -0.2) is 21.6 Å². The minimum Gasteiger partial charge on any atom is -0.464 e. The lowest BCUT2D eigenvalue weighted by Gasteiger charge is -2.31. The molecule has 2 amide bonds. The molecule has 1 aliphatic rings. The average molecular weight is 768 g/mol. The van der Waals surface area contributed by atoms with Crippen LogP contribution >= 0.6 is 23.2 Å². The number of aromatic nitrogens is 1. The Bertz CT molecular complexity index is 1950. The summed E-state index contributed by atoms with van der Waals surface area (Å²) >= 11 is 12.2. The molecule has 12 nitrogen and oxygen atoms in total. The van der Waals surface area contributed by atoms with Gasteiger partial charge in [-0.05, 0) is 67.0 Å². The molecule has 16 heteroatoms. The van der Waals surface area contributed by atoms with E-state index in [1.807, 2.05) is 20.8 Å². The molecule has 50 heavy (non-hydrogen) atoms. The molecule has 2 heterocycles. The number of esters is 1. The smallest absolute Gasteiger partial charge is 0.328 e. The van der Waals surface area contributed by atoms with Crippen LogP contribution in [-0.4, -0.2) is 75.4 Å². The van der Waals surface area contributed by atoms with Crippen LogP contribution in [0, 0.1) is 11.3 Å². The molecular formula is C34H40Cl2N4O8S2. The fraction of sp³-hybridized carbons (Fsp3) is 0.412. The summed E-state index contributed by atoms with van der Waals surface area (Å²) in [5.41, 5.74) is 0.830. The summed E-state index contributed by atoms with van der Waals surface area (Å²) in [5.74, 6) is -2.32. The number of sulfonamides is 1. The summed E-state index contributed by atoms with van der Waals surface area (Å²) in [6.45, 7) is 7.67. The number of hydrogen-bond donors (Lipinski definition) is 2. The standard InChI is InChI=1S/C34H40Cl2N4O8S2/c1-6-48-33(43)28(16-21-10-12-23(13-11-21)38-31(41)29-26(35)19-37-20-27(29)36)39-32(42)30-22(18-34(2,3)4)14-15-40(30)50(46,47)25-9-7-8-24(17-25)49(5,44)45/h7-13,17,19-20,22,28,30H,6,14-16,18H2,1-5H3,(H,38,41)(H,39,42)/t22-,28+,30+/m1/s1. The van der Waals surface area contributed by atoms with Gasteiger partial charge in [0.25, 0.3) is 5.91 Å². The van der Waals surface area contributed by atoms with Gasteiger partial charge in [-0.3, -0.25) is 14.6 Å². The molecule has 0 bridgehead atoms. The fourth-order valence-corrected chi connectivity index (χ4v) is 8.90. The van der Waals surface area contributed by atoms with Crippen molar-refractivity contribution in [1.82, 2.24) is 14.6 Å². The second-order valence-electron chi connectivity index (χ2n) is 13.3. The monoisotopic (exact) mass is 766 g/mol. The summed E-state index contributed by atoms with van der Waals surface area (Å²) < 4.78 is 58.8. The van der Waals surface area contributed by atoms with Crippen LogP contribution in [0.3, 0.4) is 0 Å². The zero-order valence-corrected chi connectivity index (χ0v) is 31.4. The average Bonchev–Trinajstić information content (AvgIpc) is 3.44. The number of carbonyl (C=O) groups excluding carboxylic acids is 3. The number of halogens is 2. The maximum absolute atomic E-state index is 14.1. The molecule has 0 aliphatic carbocycles. The lowest BCUT2D eigenvalue weighted by atomic mass is 9.81. The number of pyridine rings is 1. The number of hydrogen-bond acceptors (Lipinski definition) is 9. The highest BCUT2D eigenvalue weighted by molar-refractivity contribution is 7.91. The predicted molar refractivity (Wildman–Crippen MR) is 190 cm³/mol. The summed E-state index contributed by atoms with van der Waals surface area (Å²) in [6.07, 6.45) is 4.48. The van der Waals surface area contributed by atoms with E-state index in [-0.39, 0.29) is 50.4 Å². The van der Waals surface area contributed by atoms with Crippen LogP contribution in [0.25, 0.3) is 0 Å². The Labute approximate surface area is 302 Å². The summed E-state index contributed by atoms with van der Waals surface area (Å²) in [4.78, 5) is 43.5.